The molecule has 0 amide bonds. The van der Waals surface area contributed by atoms with Crippen LogP contribution in [0.5, 0.6) is 11.5 Å². The average Bonchev–Trinajstić information content (AvgIpc) is 2.45. The molecule has 0 saturated carbocycles. The Bertz CT molecular complexity index is 517. The van der Waals surface area contributed by atoms with E-state index in [1.54, 1.807) is 6.20 Å². The highest BCUT2D eigenvalue weighted by Gasteiger charge is 2.05. The van der Waals surface area contributed by atoms with Crippen LogP contribution in [0.1, 0.15) is 19.0 Å². The molecule has 0 saturated heterocycles. The molecule has 0 bridgehead atoms. The number of aromatic nitrogens is 2. The van der Waals surface area contributed by atoms with Crippen LogP contribution in [0.4, 0.5) is 0 Å². The highest BCUT2D eigenvalue weighted by molar-refractivity contribution is 6.29. The fourth-order valence-corrected chi connectivity index (χ4v) is 1.56. The molecule has 4 nitrogen and oxygen atoms in total. The van der Waals surface area contributed by atoms with Crippen molar-refractivity contribution in [1.29, 1.82) is 0 Å². The fraction of sp³-hybridized carbons (Fsp3) is 0.286. The summed E-state index contributed by atoms with van der Waals surface area (Å²) in [5.41, 5.74) is 0.717. The first-order valence-corrected chi connectivity index (χ1v) is 6.48. The van der Waals surface area contributed by atoms with Gasteiger partial charge < -0.3 is 9.47 Å². The molecule has 0 radical (unpaired) electrons. The highest BCUT2D eigenvalue weighted by atomic mass is 35.5. The van der Waals surface area contributed by atoms with Crippen molar-refractivity contribution in [2.45, 2.75) is 20.0 Å². The van der Waals surface area contributed by atoms with E-state index in [4.69, 9.17) is 21.1 Å². The van der Waals surface area contributed by atoms with Crippen LogP contribution < -0.4 is 9.47 Å². The summed E-state index contributed by atoms with van der Waals surface area (Å²) >= 11 is 5.68. The number of halogens is 1. The lowest BCUT2D eigenvalue weighted by molar-refractivity contribution is 0.259. The monoisotopic (exact) mass is 278 g/mol. The molecule has 0 aliphatic heterocycles. The van der Waals surface area contributed by atoms with Gasteiger partial charge in [0.2, 0.25) is 0 Å². The molecule has 1 aromatic carbocycles. The molecule has 0 fully saturated rings. The summed E-state index contributed by atoms with van der Waals surface area (Å²) in [5, 5.41) is 0.371. The van der Waals surface area contributed by atoms with E-state index in [2.05, 4.69) is 16.9 Å². The van der Waals surface area contributed by atoms with Crippen molar-refractivity contribution >= 4 is 11.6 Å². The molecule has 0 aliphatic rings. The van der Waals surface area contributed by atoms with Crippen LogP contribution in [0, 0.1) is 0 Å². The van der Waals surface area contributed by atoms with Crippen LogP contribution in [-0.2, 0) is 6.61 Å². The zero-order chi connectivity index (χ0) is 13.5. The number of rotatable bonds is 6. The standard InChI is InChI=1S/C14H15ClN2O2/c1-2-7-18-12-5-3-4-6-13(12)19-10-11-8-17-14(15)9-16-11/h3-6,8-9H,2,7,10H2,1H3. The second-order valence-electron chi connectivity index (χ2n) is 3.91. The van der Waals surface area contributed by atoms with Gasteiger partial charge in [-0.3, -0.25) is 4.98 Å². The van der Waals surface area contributed by atoms with Crippen molar-refractivity contribution in [3.8, 4) is 11.5 Å². The molecular weight excluding hydrogens is 264 g/mol. The summed E-state index contributed by atoms with van der Waals surface area (Å²) in [7, 11) is 0. The maximum Gasteiger partial charge on any atom is 0.161 e. The van der Waals surface area contributed by atoms with Crippen molar-refractivity contribution in [3.63, 3.8) is 0 Å². The van der Waals surface area contributed by atoms with Crippen LogP contribution in [0.25, 0.3) is 0 Å². The second kappa shape index (κ2) is 6.95. The Balaban J connectivity index is 2.00. The van der Waals surface area contributed by atoms with Gasteiger partial charge in [0.15, 0.2) is 11.5 Å². The first-order chi connectivity index (χ1) is 9.29. The maximum absolute atomic E-state index is 5.69. The van der Waals surface area contributed by atoms with E-state index in [0.29, 0.717) is 24.1 Å². The molecule has 5 heteroatoms. The minimum atomic E-state index is 0.330. The lowest BCUT2D eigenvalue weighted by Gasteiger charge is -2.11. The molecule has 2 rings (SSSR count). The van der Waals surface area contributed by atoms with Gasteiger partial charge in [0.1, 0.15) is 11.8 Å². The van der Waals surface area contributed by atoms with Gasteiger partial charge in [-0.05, 0) is 18.6 Å². The third-order valence-corrected chi connectivity index (χ3v) is 2.56. The molecular formula is C14H15ClN2O2. The van der Waals surface area contributed by atoms with Gasteiger partial charge in [-0.1, -0.05) is 30.7 Å². The van der Waals surface area contributed by atoms with E-state index in [9.17, 15) is 0 Å². The van der Waals surface area contributed by atoms with E-state index in [-0.39, 0.29) is 0 Å². The van der Waals surface area contributed by atoms with Crippen molar-refractivity contribution in [2.75, 3.05) is 6.61 Å². The minimum Gasteiger partial charge on any atom is -0.490 e. The van der Waals surface area contributed by atoms with Crippen molar-refractivity contribution in [3.05, 3.63) is 47.5 Å². The zero-order valence-corrected chi connectivity index (χ0v) is 11.4. The first kappa shape index (κ1) is 13.6. The minimum absolute atomic E-state index is 0.330. The topological polar surface area (TPSA) is 44.2 Å². The van der Waals surface area contributed by atoms with E-state index in [1.165, 1.54) is 6.20 Å². The number of para-hydroxylation sites is 2. The Hall–Kier alpha value is -1.81. The smallest absolute Gasteiger partial charge is 0.161 e. The van der Waals surface area contributed by atoms with Crippen LogP contribution in [-0.4, -0.2) is 16.6 Å². The van der Waals surface area contributed by atoms with Gasteiger partial charge in [0, 0.05) is 0 Å². The Labute approximate surface area is 117 Å². The maximum atomic E-state index is 5.69. The largest absolute Gasteiger partial charge is 0.490 e. The molecule has 0 unspecified atom stereocenters. The number of benzene rings is 1. The molecule has 19 heavy (non-hydrogen) atoms. The van der Waals surface area contributed by atoms with Crippen LogP contribution in [0.2, 0.25) is 5.15 Å². The van der Waals surface area contributed by atoms with Gasteiger partial charge in [-0.25, -0.2) is 4.98 Å². The Morgan fingerprint density at radius 2 is 1.79 bits per heavy atom. The Morgan fingerprint density at radius 3 is 2.42 bits per heavy atom. The summed E-state index contributed by atoms with van der Waals surface area (Å²) in [6.07, 6.45) is 4.05. The van der Waals surface area contributed by atoms with Crippen LogP contribution >= 0.6 is 11.6 Å². The Morgan fingerprint density at radius 1 is 1.05 bits per heavy atom. The normalized spacial score (nSPS) is 10.2. The zero-order valence-electron chi connectivity index (χ0n) is 10.7. The number of hydrogen-bond donors (Lipinski definition) is 0. The quantitative estimate of drug-likeness (QED) is 0.811. The summed E-state index contributed by atoms with van der Waals surface area (Å²) in [6, 6.07) is 7.58. The molecule has 0 aliphatic carbocycles. The predicted molar refractivity (Wildman–Crippen MR) is 73.6 cm³/mol. The second-order valence-corrected chi connectivity index (χ2v) is 4.30. The van der Waals surface area contributed by atoms with Crippen LogP contribution in [0.3, 0.4) is 0 Å². The molecule has 1 heterocycles. The third-order valence-electron chi connectivity index (χ3n) is 2.36. The van der Waals surface area contributed by atoms with Crippen LogP contribution in [0.15, 0.2) is 36.7 Å². The number of hydrogen-bond acceptors (Lipinski definition) is 4. The molecule has 100 valence electrons. The summed E-state index contributed by atoms with van der Waals surface area (Å²) in [5.74, 6) is 1.44. The van der Waals surface area contributed by atoms with Crippen molar-refractivity contribution < 1.29 is 9.47 Å². The Kier molecular flexibility index (Phi) is 4.98. The van der Waals surface area contributed by atoms with E-state index < -0.39 is 0 Å². The molecule has 2 aromatic rings. The van der Waals surface area contributed by atoms with Gasteiger partial charge in [-0.2, -0.15) is 0 Å². The molecule has 0 spiro atoms. The third kappa shape index (κ3) is 4.10. The van der Waals surface area contributed by atoms with Crippen molar-refractivity contribution in [1.82, 2.24) is 9.97 Å². The SMILES string of the molecule is CCCOc1ccccc1OCc1cnc(Cl)cn1. The molecule has 1 aromatic heterocycles. The fourth-order valence-electron chi connectivity index (χ4n) is 1.47. The lowest BCUT2D eigenvalue weighted by atomic mass is 10.3. The molecule has 0 atom stereocenters. The van der Waals surface area contributed by atoms with Gasteiger partial charge in [0.05, 0.1) is 24.7 Å². The van der Waals surface area contributed by atoms with Gasteiger partial charge >= 0.3 is 0 Å². The summed E-state index contributed by atoms with van der Waals surface area (Å²) in [4.78, 5) is 8.08. The van der Waals surface area contributed by atoms with Gasteiger partial charge in [0.25, 0.3) is 0 Å². The van der Waals surface area contributed by atoms with Gasteiger partial charge in [-0.15, -0.1) is 0 Å². The predicted octanol–water partition coefficient (Wildman–Crippen LogP) is 3.50. The molecule has 0 N–H and O–H groups in total. The summed E-state index contributed by atoms with van der Waals surface area (Å²) < 4.78 is 11.3. The van der Waals surface area contributed by atoms with Crippen molar-refractivity contribution in [2.24, 2.45) is 0 Å². The number of nitrogens with zero attached hydrogens (tertiary/aromatic N) is 2. The van der Waals surface area contributed by atoms with E-state index in [1.807, 2.05) is 24.3 Å². The summed E-state index contributed by atoms with van der Waals surface area (Å²) in [6.45, 7) is 3.06. The average molecular weight is 279 g/mol. The first-order valence-electron chi connectivity index (χ1n) is 6.10. The lowest BCUT2D eigenvalue weighted by Crippen LogP contribution is -2.02. The van der Waals surface area contributed by atoms with E-state index >= 15 is 0 Å². The van der Waals surface area contributed by atoms with E-state index in [0.717, 1.165) is 17.9 Å². The number of ether oxygens (including phenoxy) is 2. The highest BCUT2D eigenvalue weighted by Crippen LogP contribution is 2.27.